The molecule has 0 aromatic heterocycles. The molecule has 0 saturated carbocycles. The van der Waals surface area contributed by atoms with E-state index in [0.717, 1.165) is 49.4 Å². The van der Waals surface area contributed by atoms with Crippen molar-refractivity contribution in [1.82, 2.24) is 0 Å². The molecule has 0 radical (unpaired) electrons. The van der Waals surface area contributed by atoms with E-state index in [1.54, 1.807) is 0 Å². The molecule has 1 rings (SSSR count). The predicted molar refractivity (Wildman–Crippen MR) is 172 cm³/mol. The Bertz CT molecular complexity index is 664. The third-order valence-electron chi connectivity index (χ3n) is 9.52. The van der Waals surface area contributed by atoms with Crippen LogP contribution in [-0.2, 0) is 14.4 Å². The fourth-order valence-electron chi connectivity index (χ4n) is 7.08. The van der Waals surface area contributed by atoms with Crippen molar-refractivity contribution >= 4 is 11.9 Å². The third kappa shape index (κ3) is 19.5. The summed E-state index contributed by atoms with van der Waals surface area (Å²) in [6, 6.07) is 0. The number of rotatable bonds is 28. The van der Waals surface area contributed by atoms with Gasteiger partial charge in [-0.3, -0.25) is 9.59 Å². The van der Waals surface area contributed by atoms with E-state index in [9.17, 15) is 9.59 Å². The van der Waals surface area contributed by atoms with Gasteiger partial charge in [0.15, 0.2) is 0 Å². The Hall–Kier alpha value is -1.36. The van der Waals surface area contributed by atoms with Gasteiger partial charge in [-0.15, -0.1) is 0 Å². The standard InChI is InChI=1S/C36H67NO4/c1-3-5-7-12-19-25-33-31(23-17-6-4-2)29-30-32(24-18-13-8-11-16-22-28-36(40)41-37)34(33)26-20-14-9-10-15-21-27-35(38)39/h29-34H,3-28,37H2,1-2H3,(H,38,39). The van der Waals surface area contributed by atoms with Crippen LogP contribution in [0.5, 0.6) is 0 Å². The van der Waals surface area contributed by atoms with Crippen molar-refractivity contribution in [3.8, 4) is 0 Å². The molecule has 1 aliphatic carbocycles. The molecule has 5 heteroatoms. The molecule has 0 aromatic rings. The van der Waals surface area contributed by atoms with Crippen LogP contribution in [0.15, 0.2) is 12.2 Å². The van der Waals surface area contributed by atoms with Crippen LogP contribution in [0, 0.1) is 23.7 Å². The van der Waals surface area contributed by atoms with Crippen LogP contribution >= 0.6 is 0 Å². The van der Waals surface area contributed by atoms with E-state index in [-0.39, 0.29) is 5.97 Å². The molecule has 0 aliphatic heterocycles. The average molecular weight is 578 g/mol. The summed E-state index contributed by atoms with van der Waals surface area (Å²) in [5.74, 6) is 7.14. The van der Waals surface area contributed by atoms with E-state index in [1.807, 2.05) is 0 Å². The van der Waals surface area contributed by atoms with Crippen LogP contribution in [0.4, 0.5) is 0 Å². The molecule has 41 heavy (non-hydrogen) atoms. The number of hydrogen-bond acceptors (Lipinski definition) is 4. The van der Waals surface area contributed by atoms with E-state index >= 15 is 0 Å². The van der Waals surface area contributed by atoms with Crippen molar-refractivity contribution in [1.29, 1.82) is 0 Å². The Balaban J connectivity index is 2.66. The summed E-state index contributed by atoms with van der Waals surface area (Å²) in [5, 5.41) is 8.87. The quantitative estimate of drug-likeness (QED) is 0.0548. The van der Waals surface area contributed by atoms with E-state index in [0.29, 0.717) is 12.8 Å². The molecule has 0 bridgehead atoms. The van der Waals surface area contributed by atoms with Gasteiger partial charge in [0.2, 0.25) is 0 Å². The molecule has 0 spiro atoms. The molecule has 4 atom stereocenters. The summed E-state index contributed by atoms with van der Waals surface area (Å²) in [6.07, 6.45) is 36.3. The van der Waals surface area contributed by atoms with Crippen molar-refractivity contribution in [2.24, 2.45) is 29.6 Å². The van der Waals surface area contributed by atoms with Crippen LogP contribution in [-0.4, -0.2) is 17.0 Å². The summed E-state index contributed by atoms with van der Waals surface area (Å²) in [4.78, 5) is 26.2. The highest BCUT2D eigenvalue weighted by Crippen LogP contribution is 2.44. The maximum Gasteiger partial charge on any atom is 0.324 e. The van der Waals surface area contributed by atoms with Crippen molar-refractivity contribution in [2.75, 3.05) is 0 Å². The van der Waals surface area contributed by atoms with Crippen molar-refractivity contribution in [3.63, 3.8) is 0 Å². The summed E-state index contributed by atoms with van der Waals surface area (Å²) >= 11 is 0. The molecule has 3 N–H and O–H groups in total. The van der Waals surface area contributed by atoms with Crippen LogP contribution in [0.1, 0.15) is 181 Å². The zero-order chi connectivity index (χ0) is 30.0. The normalized spacial score (nSPS) is 20.4. The molecule has 0 saturated heterocycles. The van der Waals surface area contributed by atoms with E-state index in [1.165, 1.54) is 128 Å². The Morgan fingerprint density at radius 2 is 0.927 bits per heavy atom. The first-order valence-corrected chi connectivity index (χ1v) is 17.8. The lowest BCUT2D eigenvalue weighted by atomic mass is 9.64. The Morgan fingerprint density at radius 1 is 0.561 bits per heavy atom. The lowest BCUT2D eigenvalue weighted by Gasteiger charge is -2.41. The van der Waals surface area contributed by atoms with Crippen LogP contribution in [0.2, 0.25) is 0 Å². The maximum atomic E-state index is 11.2. The number of nitrogens with two attached hydrogens (primary N) is 1. The number of carbonyl (C=O) groups excluding carboxylic acids is 1. The van der Waals surface area contributed by atoms with Gasteiger partial charge in [0, 0.05) is 12.8 Å². The largest absolute Gasteiger partial charge is 0.481 e. The Kier molecular flexibility index (Phi) is 24.1. The van der Waals surface area contributed by atoms with Gasteiger partial charge >= 0.3 is 11.9 Å². The molecule has 0 fully saturated rings. The van der Waals surface area contributed by atoms with Gasteiger partial charge in [0.05, 0.1) is 0 Å². The summed E-state index contributed by atoms with van der Waals surface area (Å²) in [7, 11) is 0. The summed E-state index contributed by atoms with van der Waals surface area (Å²) in [5.41, 5.74) is 0. The maximum absolute atomic E-state index is 11.2. The van der Waals surface area contributed by atoms with Crippen molar-refractivity contribution in [2.45, 2.75) is 181 Å². The third-order valence-corrected chi connectivity index (χ3v) is 9.52. The highest BCUT2D eigenvalue weighted by molar-refractivity contribution is 5.68. The highest BCUT2D eigenvalue weighted by Gasteiger charge is 2.34. The number of unbranched alkanes of at least 4 members (excludes halogenated alkanes) is 16. The highest BCUT2D eigenvalue weighted by atomic mass is 16.7. The number of hydrogen-bond donors (Lipinski definition) is 2. The second-order valence-electron chi connectivity index (χ2n) is 12.9. The number of carbonyl (C=O) groups is 2. The molecule has 240 valence electrons. The second-order valence-corrected chi connectivity index (χ2v) is 12.9. The fourth-order valence-corrected chi connectivity index (χ4v) is 7.08. The van der Waals surface area contributed by atoms with E-state index < -0.39 is 5.97 Å². The number of allylic oxidation sites excluding steroid dienone is 2. The van der Waals surface area contributed by atoms with Gasteiger partial charge in [-0.25, -0.2) is 0 Å². The van der Waals surface area contributed by atoms with Gasteiger partial charge in [-0.1, -0.05) is 142 Å². The van der Waals surface area contributed by atoms with Crippen molar-refractivity contribution < 1.29 is 19.5 Å². The van der Waals surface area contributed by atoms with Crippen LogP contribution in [0.25, 0.3) is 0 Å². The molecule has 5 nitrogen and oxygen atoms in total. The molecule has 0 heterocycles. The minimum Gasteiger partial charge on any atom is -0.481 e. The number of carboxylic acids is 1. The van der Waals surface area contributed by atoms with Crippen LogP contribution < -0.4 is 5.90 Å². The molecule has 0 amide bonds. The first kappa shape index (κ1) is 37.7. The monoisotopic (exact) mass is 578 g/mol. The zero-order valence-electron chi connectivity index (χ0n) is 27.1. The van der Waals surface area contributed by atoms with Gasteiger partial charge in [0.25, 0.3) is 0 Å². The first-order chi connectivity index (χ1) is 20.0. The summed E-state index contributed by atoms with van der Waals surface area (Å²) < 4.78 is 0. The van der Waals surface area contributed by atoms with Crippen LogP contribution in [0.3, 0.4) is 0 Å². The number of aliphatic carboxylic acids is 1. The van der Waals surface area contributed by atoms with E-state index in [2.05, 4.69) is 30.8 Å². The second kappa shape index (κ2) is 26.3. The zero-order valence-corrected chi connectivity index (χ0v) is 27.1. The Labute approximate surface area is 253 Å². The average Bonchev–Trinajstić information content (AvgIpc) is 2.96. The summed E-state index contributed by atoms with van der Waals surface area (Å²) in [6.45, 7) is 4.62. The minimum absolute atomic E-state index is 0.300. The molecular weight excluding hydrogens is 510 g/mol. The Morgan fingerprint density at radius 3 is 1.39 bits per heavy atom. The minimum atomic E-state index is -0.662. The fraction of sp³-hybridized carbons (Fsp3) is 0.889. The topological polar surface area (TPSA) is 89.6 Å². The van der Waals surface area contributed by atoms with E-state index in [4.69, 9.17) is 11.0 Å². The number of carboxylic acid groups (broad SMARTS) is 1. The predicted octanol–water partition coefficient (Wildman–Crippen LogP) is 10.7. The lowest BCUT2D eigenvalue weighted by Crippen LogP contribution is -2.32. The smallest absolute Gasteiger partial charge is 0.324 e. The first-order valence-electron chi connectivity index (χ1n) is 17.8. The van der Waals surface area contributed by atoms with Gasteiger partial charge in [0.1, 0.15) is 0 Å². The molecular formula is C36H67NO4. The SMILES string of the molecule is CCCCCCCC1C(CCCCC)C=CC(CCCCCCCCC(=O)ON)C1CCCCCCCCC(=O)O. The molecule has 0 aromatic carbocycles. The van der Waals surface area contributed by atoms with Gasteiger partial charge in [-0.05, 0) is 62.2 Å². The van der Waals surface area contributed by atoms with Gasteiger partial charge in [-0.2, -0.15) is 5.90 Å². The lowest BCUT2D eigenvalue weighted by molar-refractivity contribution is -0.144. The van der Waals surface area contributed by atoms with Gasteiger partial charge < -0.3 is 9.94 Å². The van der Waals surface area contributed by atoms with Crippen molar-refractivity contribution in [3.05, 3.63) is 12.2 Å². The molecule has 1 aliphatic rings. The molecule has 4 unspecified atom stereocenters.